The maximum atomic E-state index is 5.53. The van der Waals surface area contributed by atoms with E-state index < -0.39 is 0 Å². The first-order chi connectivity index (χ1) is 14.2. The van der Waals surface area contributed by atoms with Crippen LogP contribution in [0, 0.1) is 12.8 Å². The second-order valence-corrected chi connectivity index (χ2v) is 9.29. The third kappa shape index (κ3) is 4.29. The zero-order valence-corrected chi connectivity index (χ0v) is 17.8. The van der Waals surface area contributed by atoms with E-state index in [2.05, 4.69) is 46.6 Å². The maximum absolute atomic E-state index is 5.53. The van der Waals surface area contributed by atoms with Gasteiger partial charge in [0, 0.05) is 37.2 Å². The molecule has 1 aromatic carbocycles. The Hall–Kier alpha value is -2.02. The van der Waals surface area contributed by atoms with Crippen molar-refractivity contribution in [3.8, 4) is 10.4 Å². The molecule has 4 heterocycles. The number of nitrogens with zero attached hydrogens (tertiary/aromatic N) is 3. The Labute approximate surface area is 176 Å². The molecule has 1 atom stereocenters. The number of thiophene rings is 1. The summed E-state index contributed by atoms with van der Waals surface area (Å²) < 4.78 is 5.53. The minimum absolute atomic E-state index is 0.476. The molecule has 2 saturated heterocycles. The Kier molecular flexibility index (Phi) is 5.48. The number of nitrogens with one attached hydrogen (secondary N) is 1. The van der Waals surface area contributed by atoms with Crippen molar-refractivity contribution < 1.29 is 4.74 Å². The first-order valence-electron chi connectivity index (χ1n) is 10.6. The van der Waals surface area contributed by atoms with Crippen LogP contribution in [-0.2, 0) is 4.74 Å². The molecular weight excluding hydrogens is 380 g/mol. The van der Waals surface area contributed by atoms with E-state index in [4.69, 9.17) is 14.7 Å². The van der Waals surface area contributed by atoms with E-state index in [-0.39, 0.29) is 0 Å². The highest BCUT2D eigenvalue weighted by molar-refractivity contribution is 7.21. The third-order valence-corrected chi connectivity index (χ3v) is 7.11. The average molecular weight is 409 g/mol. The molecule has 2 aliphatic rings. The van der Waals surface area contributed by atoms with Crippen LogP contribution in [0.4, 0.5) is 5.82 Å². The van der Waals surface area contributed by atoms with Gasteiger partial charge in [-0.3, -0.25) is 0 Å². The summed E-state index contributed by atoms with van der Waals surface area (Å²) in [4.78, 5) is 14.4. The zero-order chi connectivity index (χ0) is 19.6. The molecule has 29 heavy (non-hydrogen) atoms. The van der Waals surface area contributed by atoms with E-state index in [9.17, 15) is 0 Å². The summed E-state index contributed by atoms with van der Waals surface area (Å²) in [5.41, 5.74) is 1.24. The summed E-state index contributed by atoms with van der Waals surface area (Å²) in [5.74, 6) is 2.56. The molecule has 5 nitrogen and oxygen atoms in total. The highest BCUT2D eigenvalue weighted by Gasteiger charge is 2.24. The highest BCUT2D eigenvalue weighted by atomic mass is 32.1. The van der Waals surface area contributed by atoms with Gasteiger partial charge in [-0.25, -0.2) is 9.97 Å². The van der Waals surface area contributed by atoms with E-state index in [0.29, 0.717) is 6.04 Å². The van der Waals surface area contributed by atoms with Gasteiger partial charge in [0.1, 0.15) is 16.5 Å². The van der Waals surface area contributed by atoms with Crippen LogP contribution < -0.4 is 5.32 Å². The van der Waals surface area contributed by atoms with Crippen LogP contribution >= 0.6 is 11.3 Å². The van der Waals surface area contributed by atoms with Crippen molar-refractivity contribution in [3.05, 3.63) is 42.2 Å². The summed E-state index contributed by atoms with van der Waals surface area (Å²) in [6.07, 6.45) is 3.54. The fourth-order valence-corrected chi connectivity index (χ4v) is 5.51. The average Bonchev–Trinajstić information content (AvgIpc) is 3.40. The molecule has 0 spiro atoms. The lowest BCUT2D eigenvalue weighted by Gasteiger charge is -2.33. The van der Waals surface area contributed by atoms with E-state index in [0.717, 1.165) is 66.9 Å². The van der Waals surface area contributed by atoms with Crippen LogP contribution in [0.25, 0.3) is 20.7 Å². The first kappa shape index (κ1) is 19.0. The number of piperidine rings is 1. The predicted octanol–water partition coefficient (Wildman–Crippen LogP) is 4.58. The van der Waals surface area contributed by atoms with E-state index in [1.54, 1.807) is 11.3 Å². The van der Waals surface area contributed by atoms with E-state index in [1.807, 2.05) is 6.92 Å². The zero-order valence-electron chi connectivity index (χ0n) is 16.9. The van der Waals surface area contributed by atoms with Gasteiger partial charge in [0.05, 0.1) is 12.0 Å². The second kappa shape index (κ2) is 8.38. The van der Waals surface area contributed by atoms with Crippen molar-refractivity contribution in [2.45, 2.75) is 32.2 Å². The lowest BCUT2D eigenvalue weighted by Crippen LogP contribution is -2.41. The third-order valence-electron chi connectivity index (χ3n) is 6.03. The molecule has 0 bridgehead atoms. The molecule has 1 N–H and O–H groups in total. The van der Waals surface area contributed by atoms with Gasteiger partial charge in [-0.2, -0.15) is 0 Å². The minimum atomic E-state index is 0.476. The van der Waals surface area contributed by atoms with Gasteiger partial charge in [-0.05, 0) is 43.7 Å². The summed E-state index contributed by atoms with van der Waals surface area (Å²) in [5, 5.41) is 4.89. The Morgan fingerprint density at radius 1 is 1.14 bits per heavy atom. The molecule has 2 aliphatic heterocycles. The van der Waals surface area contributed by atoms with Crippen molar-refractivity contribution >= 4 is 27.4 Å². The molecule has 2 fully saturated rings. The van der Waals surface area contributed by atoms with Crippen molar-refractivity contribution in [1.29, 1.82) is 0 Å². The molecule has 5 rings (SSSR count). The van der Waals surface area contributed by atoms with Gasteiger partial charge in [-0.1, -0.05) is 30.3 Å². The summed E-state index contributed by atoms with van der Waals surface area (Å²) in [6.45, 7) is 7.36. The summed E-state index contributed by atoms with van der Waals surface area (Å²) >= 11 is 1.75. The number of hydrogen-bond acceptors (Lipinski definition) is 6. The Morgan fingerprint density at radius 3 is 2.72 bits per heavy atom. The summed E-state index contributed by atoms with van der Waals surface area (Å²) in [7, 11) is 0. The maximum Gasteiger partial charge on any atom is 0.138 e. The molecular formula is C23H28N4OS. The van der Waals surface area contributed by atoms with Crippen LogP contribution in [0.15, 0.2) is 36.4 Å². The standard InChI is InChI=1S/C23H28N4OS/c1-16-24-22(20-13-21(29-23(20)25-16)18-5-3-2-4-6-18)26-19-7-10-27(11-8-19)14-17-9-12-28-15-17/h2-6,13,17,19H,7-12,14-15H2,1H3,(H,24,25,26). The Morgan fingerprint density at radius 2 is 1.97 bits per heavy atom. The number of rotatable bonds is 5. The molecule has 2 aromatic heterocycles. The lowest BCUT2D eigenvalue weighted by atomic mass is 10.0. The van der Waals surface area contributed by atoms with Gasteiger partial charge in [0.15, 0.2) is 0 Å². The van der Waals surface area contributed by atoms with E-state index in [1.165, 1.54) is 23.4 Å². The largest absolute Gasteiger partial charge is 0.381 e. The molecule has 3 aromatic rings. The van der Waals surface area contributed by atoms with Crippen LogP contribution in [0.3, 0.4) is 0 Å². The van der Waals surface area contributed by atoms with Crippen molar-refractivity contribution in [2.75, 3.05) is 38.2 Å². The number of aryl methyl sites for hydroxylation is 1. The quantitative estimate of drug-likeness (QED) is 0.670. The van der Waals surface area contributed by atoms with Crippen molar-refractivity contribution in [3.63, 3.8) is 0 Å². The van der Waals surface area contributed by atoms with Crippen LogP contribution in [-0.4, -0.2) is 53.8 Å². The lowest BCUT2D eigenvalue weighted by molar-refractivity contribution is 0.154. The van der Waals surface area contributed by atoms with Crippen LogP contribution in [0.5, 0.6) is 0 Å². The number of hydrogen-bond donors (Lipinski definition) is 1. The second-order valence-electron chi connectivity index (χ2n) is 8.26. The first-order valence-corrected chi connectivity index (χ1v) is 11.5. The molecule has 0 saturated carbocycles. The van der Waals surface area contributed by atoms with E-state index >= 15 is 0 Å². The molecule has 152 valence electrons. The topological polar surface area (TPSA) is 50.3 Å². The van der Waals surface area contributed by atoms with Gasteiger partial charge in [-0.15, -0.1) is 11.3 Å². The number of aromatic nitrogens is 2. The van der Waals surface area contributed by atoms with Gasteiger partial charge < -0.3 is 15.0 Å². The molecule has 0 amide bonds. The van der Waals surface area contributed by atoms with Crippen molar-refractivity contribution in [2.24, 2.45) is 5.92 Å². The van der Waals surface area contributed by atoms with Gasteiger partial charge >= 0.3 is 0 Å². The number of fused-ring (bicyclic) bond motifs is 1. The SMILES string of the molecule is Cc1nc(NC2CCN(CC3CCOC3)CC2)c2cc(-c3ccccc3)sc2n1. The van der Waals surface area contributed by atoms with Crippen LogP contribution in [0.2, 0.25) is 0 Å². The normalized spacial score (nSPS) is 21.1. The fraction of sp³-hybridized carbons (Fsp3) is 0.478. The fourth-order valence-electron chi connectivity index (χ4n) is 4.43. The number of benzene rings is 1. The van der Waals surface area contributed by atoms with Gasteiger partial charge in [0.2, 0.25) is 0 Å². The smallest absolute Gasteiger partial charge is 0.138 e. The molecule has 6 heteroatoms. The minimum Gasteiger partial charge on any atom is -0.381 e. The summed E-state index contributed by atoms with van der Waals surface area (Å²) in [6, 6.07) is 13.3. The Bertz CT molecular complexity index is 960. The monoisotopic (exact) mass is 408 g/mol. The Balaban J connectivity index is 1.29. The van der Waals surface area contributed by atoms with Crippen LogP contribution in [0.1, 0.15) is 25.1 Å². The van der Waals surface area contributed by atoms with Crippen molar-refractivity contribution in [1.82, 2.24) is 14.9 Å². The predicted molar refractivity (Wildman–Crippen MR) is 120 cm³/mol. The highest BCUT2D eigenvalue weighted by Crippen LogP contribution is 2.36. The molecule has 1 unspecified atom stereocenters. The van der Waals surface area contributed by atoms with Gasteiger partial charge in [0.25, 0.3) is 0 Å². The molecule has 0 aliphatic carbocycles. The number of likely N-dealkylation sites (tertiary alicyclic amines) is 1. The number of ether oxygens (including phenoxy) is 1. The number of anilines is 1. The molecule has 0 radical (unpaired) electrons.